The fourth-order valence-electron chi connectivity index (χ4n) is 5.48. The van der Waals surface area contributed by atoms with Crippen molar-refractivity contribution in [1.29, 1.82) is 5.26 Å². The summed E-state index contributed by atoms with van der Waals surface area (Å²) in [5, 5.41) is 10.2. The van der Waals surface area contributed by atoms with E-state index < -0.39 is 10.0 Å². The predicted molar refractivity (Wildman–Crippen MR) is 129 cm³/mol. The van der Waals surface area contributed by atoms with Gasteiger partial charge in [-0.05, 0) is 56.7 Å². The molecule has 2 aromatic rings. The highest BCUT2D eigenvalue weighted by molar-refractivity contribution is 7.89. The van der Waals surface area contributed by atoms with Gasteiger partial charge in [-0.2, -0.15) is 9.57 Å². The Balaban J connectivity index is 1.79. The van der Waals surface area contributed by atoms with Gasteiger partial charge in [0.1, 0.15) is 12.6 Å². The van der Waals surface area contributed by atoms with Crippen molar-refractivity contribution in [1.82, 2.24) is 8.87 Å². The van der Waals surface area contributed by atoms with Crippen LogP contribution in [0.2, 0.25) is 0 Å². The lowest BCUT2D eigenvalue weighted by atomic mass is 9.95. The van der Waals surface area contributed by atoms with Crippen LogP contribution in [0.3, 0.4) is 0 Å². The zero-order chi connectivity index (χ0) is 24.3. The maximum atomic E-state index is 13.4. The first-order valence-electron chi connectivity index (χ1n) is 12.2. The van der Waals surface area contributed by atoms with Crippen LogP contribution in [0.15, 0.2) is 29.2 Å². The summed E-state index contributed by atoms with van der Waals surface area (Å²) in [4.78, 5) is 12.7. The maximum Gasteiger partial charge on any atom is 0.325 e. The second-order valence-electron chi connectivity index (χ2n) is 9.20. The molecular formula is C26H33N3O4S. The molecule has 1 aromatic carbocycles. The summed E-state index contributed by atoms with van der Waals surface area (Å²) >= 11 is 0. The van der Waals surface area contributed by atoms with E-state index in [4.69, 9.17) is 4.74 Å². The van der Waals surface area contributed by atoms with Gasteiger partial charge in [0.2, 0.25) is 10.0 Å². The monoisotopic (exact) mass is 483 g/mol. The Hall–Kier alpha value is -2.63. The van der Waals surface area contributed by atoms with Crippen molar-refractivity contribution in [2.24, 2.45) is 0 Å². The molecule has 0 radical (unpaired) electrons. The number of nitrogens with zero attached hydrogens (tertiary/aromatic N) is 3. The molecule has 0 atom stereocenters. The largest absolute Gasteiger partial charge is 0.465 e. The van der Waals surface area contributed by atoms with Crippen molar-refractivity contribution in [2.75, 3.05) is 19.7 Å². The highest BCUT2D eigenvalue weighted by Gasteiger charge is 2.32. The van der Waals surface area contributed by atoms with Gasteiger partial charge >= 0.3 is 5.97 Å². The third kappa shape index (κ3) is 4.64. The lowest BCUT2D eigenvalue weighted by Crippen LogP contribution is -2.28. The Kier molecular flexibility index (Phi) is 7.44. The van der Waals surface area contributed by atoms with Gasteiger partial charge in [0.15, 0.2) is 0 Å². The molecule has 0 bridgehead atoms. The Morgan fingerprint density at radius 2 is 1.82 bits per heavy atom. The number of rotatable bonds is 8. The van der Waals surface area contributed by atoms with Crippen LogP contribution in [0.4, 0.5) is 0 Å². The lowest BCUT2D eigenvalue weighted by Gasteiger charge is -2.18. The normalized spacial score (nSPS) is 17.2. The molecule has 1 aromatic heterocycles. The number of aromatic nitrogens is 1. The average Bonchev–Trinajstić information content (AvgIpc) is 3.58. The molecule has 34 heavy (non-hydrogen) atoms. The lowest BCUT2D eigenvalue weighted by molar-refractivity contribution is -0.143. The van der Waals surface area contributed by atoms with Crippen LogP contribution in [-0.2, 0) is 32.5 Å². The topological polar surface area (TPSA) is 92.4 Å². The van der Waals surface area contributed by atoms with Gasteiger partial charge in [-0.25, -0.2) is 8.42 Å². The molecule has 0 N–H and O–H groups in total. The number of hydrogen-bond donors (Lipinski definition) is 0. The quantitative estimate of drug-likeness (QED) is 0.523. The molecule has 1 aliphatic carbocycles. The maximum absolute atomic E-state index is 13.4. The average molecular weight is 484 g/mol. The van der Waals surface area contributed by atoms with E-state index >= 15 is 0 Å². The van der Waals surface area contributed by atoms with E-state index in [1.54, 1.807) is 23.4 Å². The van der Waals surface area contributed by atoms with Crippen molar-refractivity contribution < 1.29 is 17.9 Å². The highest BCUT2D eigenvalue weighted by atomic mass is 32.2. The third-order valence-electron chi connectivity index (χ3n) is 7.16. The molecule has 182 valence electrons. The summed E-state index contributed by atoms with van der Waals surface area (Å²) in [6, 6.07) is 9.50. The number of esters is 1. The van der Waals surface area contributed by atoms with Gasteiger partial charge in [0, 0.05) is 36.8 Å². The van der Waals surface area contributed by atoms with Gasteiger partial charge in [-0.3, -0.25) is 4.79 Å². The van der Waals surface area contributed by atoms with E-state index in [1.807, 2.05) is 23.6 Å². The Morgan fingerprint density at radius 3 is 2.47 bits per heavy atom. The summed E-state index contributed by atoms with van der Waals surface area (Å²) in [5.41, 5.74) is 3.81. The third-order valence-corrected chi connectivity index (χ3v) is 9.16. The van der Waals surface area contributed by atoms with Crippen LogP contribution in [0.5, 0.6) is 0 Å². The van der Waals surface area contributed by atoms with Crippen LogP contribution >= 0.6 is 0 Å². The number of hydrogen-bond acceptors (Lipinski definition) is 5. The summed E-state index contributed by atoms with van der Waals surface area (Å²) in [6.45, 7) is 5.15. The van der Waals surface area contributed by atoms with Crippen LogP contribution in [-0.4, -0.2) is 43.0 Å². The number of nitriles is 1. The molecule has 0 amide bonds. The van der Waals surface area contributed by atoms with Gasteiger partial charge < -0.3 is 9.30 Å². The molecule has 4 rings (SSSR count). The Bertz CT molecular complexity index is 1200. The number of benzene rings is 1. The molecule has 0 unspecified atom stereocenters. The molecule has 8 heteroatoms. The van der Waals surface area contributed by atoms with Crippen molar-refractivity contribution in [3.63, 3.8) is 0 Å². The summed E-state index contributed by atoms with van der Waals surface area (Å²) in [5.74, 6) is -0.104. The zero-order valence-corrected chi connectivity index (χ0v) is 20.9. The molecule has 1 saturated carbocycles. The van der Waals surface area contributed by atoms with E-state index in [0.717, 1.165) is 55.5 Å². The Morgan fingerprint density at radius 1 is 1.15 bits per heavy atom. The van der Waals surface area contributed by atoms with E-state index in [2.05, 4.69) is 6.07 Å². The summed E-state index contributed by atoms with van der Waals surface area (Å²) in [7, 11) is -3.60. The number of sulfonamides is 1. The summed E-state index contributed by atoms with van der Waals surface area (Å²) < 4.78 is 35.5. The second kappa shape index (κ2) is 10.3. The predicted octanol–water partition coefficient (Wildman–Crippen LogP) is 4.26. The molecule has 2 aliphatic rings. The smallest absolute Gasteiger partial charge is 0.325 e. The van der Waals surface area contributed by atoms with E-state index in [0.29, 0.717) is 42.1 Å². The molecule has 1 saturated heterocycles. The fraction of sp³-hybridized carbons (Fsp3) is 0.538. The molecule has 1 aliphatic heterocycles. The SMILES string of the molecule is CCOC(=O)Cn1c(C)c(Cc2ccccc2S(=O)(=O)N2CCCC2)c(C#N)c1C1CCCC1. The van der Waals surface area contributed by atoms with Crippen molar-refractivity contribution >= 4 is 16.0 Å². The first-order valence-corrected chi connectivity index (χ1v) is 13.7. The fourth-order valence-corrected chi connectivity index (χ4v) is 7.22. The number of carbonyl (C=O) groups excluding carboxylic acids is 1. The number of ether oxygens (including phenoxy) is 1. The number of carbonyl (C=O) groups is 1. The first-order chi connectivity index (χ1) is 16.4. The van der Waals surface area contributed by atoms with Crippen LogP contribution < -0.4 is 0 Å². The standard InChI is InChI=1S/C26H33N3O4S/c1-3-33-25(30)18-29-19(2)22(23(17-27)26(29)20-10-4-5-11-20)16-21-12-6-7-13-24(21)34(31,32)28-14-8-9-15-28/h6-7,12-13,20H,3-5,8-11,14-16,18H2,1-2H3. The zero-order valence-electron chi connectivity index (χ0n) is 20.0. The molecule has 0 spiro atoms. The van der Waals surface area contributed by atoms with Gasteiger partial charge in [0.05, 0.1) is 17.1 Å². The molecular weight excluding hydrogens is 450 g/mol. The van der Waals surface area contributed by atoms with Crippen LogP contribution in [0.25, 0.3) is 0 Å². The van der Waals surface area contributed by atoms with Gasteiger partial charge in [-0.1, -0.05) is 31.0 Å². The van der Waals surface area contributed by atoms with E-state index in [9.17, 15) is 18.5 Å². The molecule has 2 heterocycles. The minimum Gasteiger partial charge on any atom is -0.465 e. The van der Waals surface area contributed by atoms with Crippen LogP contribution in [0.1, 0.15) is 79.4 Å². The Labute approximate surface area is 202 Å². The van der Waals surface area contributed by atoms with Gasteiger partial charge in [-0.15, -0.1) is 0 Å². The van der Waals surface area contributed by atoms with Crippen molar-refractivity contribution in [2.45, 2.75) is 76.2 Å². The molecule has 7 nitrogen and oxygen atoms in total. The second-order valence-corrected chi connectivity index (χ2v) is 11.1. The first kappa shape index (κ1) is 24.5. The van der Waals surface area contributed by atoms with Crippen molar-refractivity contribution in [3.05, 3.63) is 52.3 Å². The van der Waals surface area contributed by atoms with E-state index in [-0.39, 0.29) is 18.4 Å². The van der Waals surface area contributed by atoms with Crippen LogP contribution in [0, 0.1) is 18.3 Å². The minimum atomic E-state index is -3.60. The highest BCUT2D eigenvalue weighted by Crippen LogP contribution is 2.40. The minimum absolute atomic E-state index is 0.0634. The summed E-state index contributed by atoms with van der Waals surface area (Å²) in [6.07, 6.45) is 6.26. The van der Waals surface area contributed by atoms with Crippen molar-refractivity contribution in [3.8, 4) is 6.07 Å². The molecule has 2 fully saturated rings. The van der Waals surface area contributed by atoms with Gasteiger partial charge in [0.25, 0.3) is 0 Å². The van der Waals surface area contributed by atoms with E-state index in [1.165, 1.54) is 0 Å².